The zero-order chi connectivity index (χ0) is 19.0. The molecule has 1 heterocycles. The first kappa shape index (κ1) is 18.0. The van der Waals surface area contributed by atoms with Crippen LogP contribution < -0.4 is 5.73 Å². The Morgan fingerprint density at radius 2 is 1.67 bits per heavy atom. The van der Waals surface area contributed by atoms with Crippen LogP contribution in [0.2, 0.25) is 0 Å². The van der Waals surface area contributed by atoms with E-state index in [1.807, 2.05) is 12.1 Å². The summed E-state index contributed by atoms with van der Waals surface area (Å²) in [6.45, 7) is 1.34. The molecule has 0 saturated carbocycles. The minimum atomic E-state index is -3.53. The van der Waals surface area contributed by atoms with E-state index < -0.39 is 10.0 Å². The number of hydrogen-bond donors (Lipinski definition) is 1. The van der Waals surface area contributed by atoms with E-state index in [1.54, 1.807) is 35.2 Å². The van der Waals surface area contributed by atoms with Gasteiger partial charge in [0.15, 0.2) is 0 Å². The number of carbonyl (C=O) groups excluding carboxylic acids is 1. The minimum absolute atomic E-state index is 0.114. The second kappa shape index (κ2) is 6.98. The second-order valence-corrected chi connectivity index (χ2v) is 9.04. The quantitative estimate of drug-likeness (QED) is 0.818. The van der Waals surface area contributed by atoms with Gasteiger partial charge in [0.1, 0.15) is 0 Å². The van der Waals surface area contributed by atoms with Crippen molar-refractivity contribution < 1.29 is 13.2 Å². The lowest BCUT2D eigenvalue weighted by Gasteiger charge is -2.34. The third kappa shape index (κ3) is 3.44. The molecule has 1 aliphatic carbocycles. The fourth-order valence-corrected chi connectivity index (χ4v) is 5.32. The first-order chi connectivity index (χ1) is 12.9. The van der Waals surface area contributed by atoms with Crippen LogP contribution >= 0.6 is 0 Å². The Morgan fingerprint density at radius 1 is 0.926 bits per heavy atom. The topological polar surface area (TPSA) is 83.7 Å². The van der Waals surface area contributed by atoms with Gasteiger partial charge < -0.3 is 10.6 Å². The molecule has 27 heavy (non-hydrogen) atoms. The van der Waals surface area contributed by atoms with E-state index in [0.29, 0.717) is 42.3 Å². The van der Waals surface area contributed by atoms with Gasteiger partial charge in [-0.15, -0.1) is 0 Å². The van der Waals surface area contributed by atoms with Crippen molar-refractivity contribution in [1.82, 2.24) is 9.21 Å². The predicted molar refractivity (Wildman–Crippen MR) is 104 cm³/mol. The number of piperazine rings is 1. The summed E-state index contributed by atoms with van der Waals surface area (Å²) in [7, 11) is -3.53. The maximum absolute atomic E-state index is 13.0. The molecule has 1 amide bonds. The maximum atomic E-state index is 13.0. The van der Waals surface area contributed by atoms with Crippen molar-refractivity contribution >= 4 is 21.6 Å². The molecule has 1 saturated heterocycles. The molecule has 0 radical (unpaired) electrons. The number of nitrogens with two attached hydrogens (primary N) is 1. The van der Waals surface area contributed by atoms with Crippen molar-refractivity contribution in [3.63, 3.8) is 0 Å². The summed E-state index contributed by atoms with van der Waals surface area (Å²) in [4.78, 5) is 14.7. The average Bonchev–Trinajstić information content (AvgIpc) is 3.15. The standard InChI is InChI=1S/C20H23N3O3S/c21-18-6-2-5-17(13-18)20(24)22-9-11-23(12-10-22)27(25,26)19-8-7-15-3-1-4-16(15)14-19/h2,5-8,13-14H,1,3-4,9-12,21H2. The number of anilines is 1. The molecule has 142 valence electrons. The minimum Gasteiger partial charge on any atom is -0.399 e. The molecular weight excluding hydrogens is 362 g/mol. The number of hydrogen-bond acceptors (Lipinski definition) is 4. The van der Waals surface area contributed by atoms with Crippen LogP contribution in [0, 0.1) is 0 Å². The van der Waals surface area contributed by atoms with Crippen LogP contribution in [-0.4, -0.2) is 49.7 Å². The van der Waals surface area contributed by atoms with Gasteiger partial charge in [0.25, 0.3) is 5.91 Å². The molecule has 0 aromatic heterocycles. The number of rotatable bonds is 3. The van der Waals surface area contributed by atoms with E-state index in [1.165, 1.54) is 9.87 Å². The van der Waals surface area contributed by atoms with Gasteiger partial charge in [-0.25, -0.2) is 8.42 Å². The molecule has 2 aromatic rings. The molecule has 2 N–H and O–H groups in total. The van der Waals surface area contributed by atoms with Crippen LogP contribution in [-0.2, 0) is 22.9 Å². The summed E-state index contributed by atoms with van der Waals surface area (Å²) >= 11 is 0. The Labute approximate surface area is 159 Å². The van der Waals surface area contributed by atoms with Crippen LogP contribution in [0.3, 0.4) is 0 Å². The number of nitrogen functional groups attached to an aromatic ring is 1. The molecule has 1 aliphatic heterocycles. The van der Waals surface area contributed by atoms with Crippen molar-refractivity contribution in [1.29, 1.82) is 0 Å². The van der Waals surface area contributed by atoms with Gasteiger partial charge in [-0.1, -0.05) is 12.1 Å². The Kier molecular flexibility index (Phi) is 4.65. The van der Waals surface area contributed by atoms with Crippen LogP contribution in [0.1, 0.15) is 27.9 Å². The maximum Gasteiger partial charge on any atom is 0.254 e. The average molecular weight is 385 g/mol. The summed E-state index contributed by atoms with van der Waals surface area (Å²) in [5, 5.41) is 0. The summed E-state index contributed by atoms with van der Waals surface area (Å²) in [6.07, 6.45) is 3.06. The first-order valence-corrected chi connectivity index (χ1v) is 10.7. The normalized spacial score (nSPS) is 17.7. The zero-order valence-electron chi connectivity index (χ0n) is 15.1. The van der Waals surface area contributed by atoms with Gasteiger partial charge in [0.05, 0.1) is 4.90 Å². The van der Waals surface area contributed by atoms with E-state index in [2.05, 4.69) is 0 Å². The van der Waals surface area contributed by atoms with Gasteiger partial charge in [-0.2, -0.15) is 4.31 Å². The van der Waals surface area contributed by atoms with E-state index in [-0.39, 0.29) is 5.91 Å². The number of fused-ring (bicyclic) bond motifs is 1. The summed E-state index contributed by atoms with van der Waals surface area (Å²) in [6, 6.07) is 12.3. The Balaban J connectivity index is 1.46. The molecule has 0 spiro atoms. The molecule has 4 rings (SSSR count). The van der Waals surface area contributed by atoms with Crippen LogP contribution in [0.25, 0.3) is 0 Å². The molecule has 0 unspecified atom stereocenters. The predicted octanol–water partition coefficient (Wildman–Crippen LogP) is 1.90. The van der Waals surface area contributed by atoms with E-state index in [0.717, 1.165) is 24.8 Å². The molecule has 0 atom stereocenters. The Bertz CT molecular complexity index is 980. The smallest absolute Gasteiger partial charge is 0.254 e. The molecule has 1 fully saturated rings. The van der Waals surface area contributed by atoms with Gasteiger partial charge in [0.2, 0.25) is 10.0 Å². The lowest BCUT2D eigenvalue weighted by Crippen LogP contribution is -2.50. The van der Waals surface area contributed by atoms with Gasteiger partial charge >= 0.3 is 0 Å². The second-order valence-electron chi connectivity index (χ2n) is 7.11. The van der Waals surface area contributed by atoms with Crippen molar-refractivity contribution in [2.75, 3.05) is 31.9 Å². The van der Waals surface area contributed by atoms with Crippen molar-refractivity contribution in [2.45, 2.75) is 24.2 Å². The highest BCUT2D eigenvalue weighted by atomic mass is 32.2. The molecule has 2 aliphatic rings. The van der Waals surface area contributed by atoms with Gasteiger partial charge in [-0.3, -0.25) is 4.79 Å². The fourth-order valence-electron chi connectivity index (χ4n) is 3.84. The molecule has 6 nitrogen and oxygen atoms in total. The lowest BCUT2D eigenvalue weighted by molar-refractivity contribution is 0.0698. The third-order valence-electron chi connectivity index (χ3n) is 5.37. The SMILES string of the molecule is Nc1cccc(C(=O)N2CCN(S(=O)(=O)c3ccc4c(c3)CCC4)CC2)c1. The van der Waals surface area contributed by atoms with E-state index in [4.69, 9.17) is 5.73 Å². The van der Waals surface area contributed by atoms with Gasteiger partial charge in [0, 0.05) is 37.4 Å². The van der Waals surface area contributed by atoms with Crippen molar-refractivity contribution in [3.05, 3.63) is 59.2 Å². The van der Waals surface area contributed by atoms with Crippen molar-refractivity contribution in [2.24, 2.45) is 0 Å². The molecular formula is C20H23N3O3S. The zero-order valence-corrected chi connectivity index (χ0v) is 15.9. The van der Waals surface area contributed by atoms with Crippen LogP contribution in [0.4, 0.5) is 5.69 Å². The molecule has 7 heteroatoms. The summed E-state index contributed by atoms with van der Waals surface area (Å²) in [5.41, 5.74) is 9.22. The van der Waals surface area contributed by atoms with Crippen LogP contribution in [0.15, 0.2) is 47.4 Å². The first-order valence-electron chi connectivity index (χ1n) is 9.22. The summed E-state index contributed by atoms with van der Waals surface area (Å²) < 4.78 is 27.4. The number of sulfonamides is 1. The van der Waals surface area contributed by atoms with Crippen molar-refractivity contribution in [3.8, 4) is 0 Å². The highest BCUT2D eigenvalue weighted by molar-refractivity contribution is 7.89. The highest BCUT2D eigenvalue weighted by Crippen LogP contribution is 2.27. The van der Waals surface area contributed by atoms with E-state index in [9.17, 15) is 13.2 Å². The van der Waals surface area contributed by atoms with Crippen LogP contribution in [0.5, 0.6) is 0 Å². The Morgan fingerprint density at radius 3 is 2.41 bits per heavy atom. The largest absolute Gasteiger partial charge is 0.399 e. The lowest BCUT2D eigenvalue weighted by atomic mass is 10.1. The highest BCUT2D eigenvalue weighted by Gasteiger charge is 2.31. The third-order valence-corrected chi connectivity index (χ3v) is 7.26. The summed E-state index contributed by atoms with van der Waals surface area (Å²) in [5.74, 6) is -0.114. The number of amides is 1. The monoisotopic (exact) mass is 385 g/mol. The molecule has 0 bridgehead atoms. The number of nitrogens with zero attached hydrogens (tertiary/aromatic N) is 2. The number of carbonyl (C=O) groups is 1. The number of benzene rings is 2. The molecule has 2 aromatic carbocycles. The number of aryl methyl sites for hydroxylation is 2. The Hall–Kier alpha value is -2.38. The fraction of sp³-hybridized carbons (Fsp3) is 0.350. The van der Waals surface area contributed by atoms with E-state index >= 15 is 0 Å². The van der Waals surface area contributed by atoms with Gasteiger partial charge in [-0.05, 0) is 60.7 Å².